The van der Waals surface area contributed by atoms with Crippen molar-refractivity contribution in [1.82, 2.24) is 0 Å². The van der Waals surface area contributed by atoms with Crippen LogP contribution in [-0.4, -0.2) is 37.1 Å². The van der Waals surface area contributed by atoms with Gasteiger partial charge < -0.3 is 20.9 Å². The highest BCUT2D eigenvalue weighted by molar-refractivity contribution is 7.79. The predicted octanol–water partition coefficient (Wildman–Crippen LogP) is -2.20. The topological polar surface area (TPSA) is 132 Å². The molecule has 10 heavy (non-hydrogen) atoms. The maximum atomic E-state index is 9.88. The SMILES string of the molecule is NC(CS(=O)O)C(=O)O.O. The van der Waals surface area contributed by atoms with E-state index >= 15 is 0 Å². The second kappa shape index (κ2) is 5.30. The smallest absolute Gasteiger partial charge is 0.321 e. The number of aliphatic carboxylic acids is 1. The van der Waals surface area contributed by atoms with Crippen molar-refractivity contribution in [1.29, 1.82) is 0 Å². The molecular formula is C3H9NO5S. The van der Waals surface area contributed by atoms with Crippen LogP contribution in [0.1, 0.15) is 0 Å². The molecule has 62 valence electrons. The molecule has 0 aromatic heterocycles. The summed E-state index contributed by atoms with van der Waals surface area (Å²) in [6.45, 7) is 0. The minimum atomic E-state index is -2.12. The zero-order valence-electron chi connectivity index (χ0n) is 4.98. The molecule has 0 aliphatic rings. The lowest BCUT2D eigenvalue weighted by Gasteiger charge is -1.99. The van der Waals surface area contributed by atoms with E-state index in [9.17, 15) is 9.00 Å². The molecule has 0 heterocycles. The number of carboxylic acids is 1. The lowest BCUT2D eigenvalue weighted by molar-refractivity contribution is -0.137. The van der Waals surface area contributed by atoms with E-state index in [1.54, 1.807) is 0 Å². The van der Waals surface area contributed by atoms with Crippen molar-refractivity contribution in [2.75, 3.05) is 5.75 Å². The molecule has 0 aromatic rings. The van der Waals surface area contributed by atoms with Crippen LogP contribution in [0, 0.1) is 0 Å². The molecule has 0 radical (unpaired) electrons. The summed E-state index contributed by atoms with van der Waals surface area (Å²) in [5.74, 6) is -1.69. The molecule has 0 bridgehead atoms. The van der Waals surface area contributed by atoms with Gasteiger partial charge >= 0.3 is 5.97 Å². The maximum Gasteiger partial charge on any atom is 0.321 e. The lowest BCUT2D eigenvalue weighted by Crippen LogP contribution is -2.35. The van der Waals surface area contributed by atoms with Gasteiger partial charge in [-0.15, -0.1) is 0 Å². The fourth-order valence-corrected chi connectivity index (χ4v) is 0.675. The van der Waals surface area contributed by atoms with Crippen LogP contribution in [0.2, 0.25) is 0 Å². The normalized spacial score (nSPS) is 15.0. The first-order valence-corrected chi connectivity index (χ1v) is 3.37. The summed E-state index contributed by atoms with van der Waals surface area (Å²) in [5.41, 5.74) is 4.86. The summed E-state index contributed by atoms with van der Waals surface area (Å²) < 4.78 is 18.0. The lowest BCUT2D eigenvalue weighted by atomic mass is 10.4. The van der Waals surface area contributed by atoms with Gasteiger partial charge in [0.05, 0.1) is 5.75 Å². The number of nitrogens with two attached hydrogens (primary N) is 1. The molecule has 0 aromatic carbocycles. The first-order chi connectivity index (χ1) is 4.04. The van der Waals surface area contributed by atoms with Gasteiger partial charge in [-0.1, -0.05) is 0 Å². The molecule has 0 saturated heterocycles. The Bertz CT molecular complexity index is 137. The number of hydrogen-bond donors (Lipinski definition) is 3. The highest BCUT2D eigenvalue weighted by Gasteiger charge is 2.13. The number of carbonyl (C=O) groups is 1. The van der Waals surface area contributed by atoms with Gasteiger partial charge in [-0.3, -0.25) is 4.79 Å². The third-order valence-corrected chi connectivity index (χ3v) is 1.28. The van der Waals surface area contributed by atoms with Gasteiger partial charge in [0.25, 0.3) is 0 Å². The van der Waals surface area contributed by atoms with E-state index in [1.807, 2.05) is 0 Å². The summed E-state index contributed by atoms with van der Waals surface area (Å²) in [5, 5.41) is 8.06. The zero-order valence-corrected chi connectivity index (χ0v) is 5.80. The second-order valence-electron chi connectivity index (χ2n) is 1.43. The van der Waals surface area contributed by atoms with Crippen LogP contribution < -0.4 is 5.73 Å². The zero-order chi connectivity index (χ0) is 7.44. The van der Waals surface area contributed by atoms with Crippen molar-refractivity contribution in [2.24, 2.45) is 5.73 Å². The van der Waals surface area contributed by atoms with Crippen LogP contribution in [0.25, 0.3) is 0 Å². The molecule has 2 atom stereocenters. The molecule has 6 nitrogen and oxygen atoms in total. The molecule has 0 saturated carbocycles. The Labute approximate surface area is 59.6 Å². The van der Waals surface area contributed by atoms with Crippen molar-refractivity contribution >= 4 is 17.0 Å². The van der Waals surface area contributed by atoms with Crippen LogP contribution in [-0.2, 0) is 15.9 Å². The Hall–Kier alpha value is -0.500. The molecule has 6 N–H and O–H groups in total. The Morgan fingerprint density at radius 3 is 2.20 bits per heavy atom. The fourth-order valence-electron chi connectivity index (χ4n) is 0.225. The van der Waals surface area contributed by atoms with Crippen molar-refractivity contribution < 1.29 is 24.1 Å². The summed E-state index contributed by atoms with van der Waals surface area (Å²) in [6, 6.07) is -1.24. The van der Waals surface area contributed by atoms with Crippen LogP contribution in [0.3, 0.4) is 0 Å². The standard InChI is InChI=1S/C3H7NO4S.H2O/c4-2(3(5)6)1-9(7)8;/h2H,1,4H2,(H,5,6)(H,7,8);1H2. The molecule has 0 aliphatic carbocycles. The summed E-state index contributed by atoms with van der Waals surface area (Å²) in [7, 11) is 0. The van der Waals surface area contributed by atoms with E-state index in [-0.39, 0.29) is 5.48 Å². The minimum absolute atomic E-state index is 0. The van der Waals surface area contributed by atoms with E-state index in [1.165, 1.54) is 0 Å². The molecular weight excluding hydrogens is 162 g/mol. The fraction of sp³-hybridized carbons (Fsp3) is 0.667. The summed E-state index contributed by atoms with van der Waals surface area (Å²) in [4.78, 5) is 9.86. The molecule has 0 aliphatic heterocycles. The van der Waals surface area contributed by atoms with Crippen molar-refractivity contribution in [3.8, 4) is 0 Å². The van der Waals surface area contributed by atoms with E-state index in [0.29, 0.717) is 0 Å². The van der Waals surface area contributed by atoms with Crippen molar-refractivity contribution in [3.05, 3.63) is 0 Å². The van der Waals surface area contributed by atoms with Crippen LogP contribution in [0.5, 0.6) is 0 Å². The van der Waals surface area contributed by atoms with Gasteiger partial charge in [-0.2, -0.15) is 0 Å². The number of rotatable bonds is 3. The van der Waals surface area contributed by atoms with Crippen LogP contribution >= 0.6 is 0 Å². The quantitative estimate of drug-likeness (QED) is 0.414. The van der Waals surface area contributed by atoms with Gasteiger partial charge in [-0.05, 0) is 0 Å². The van der Waals surface area contributed by atoms with Crippen molar-refractivity contribution in [3.63, 3.8) is 0 Å². The molecule has 0 spiro atoms. The average Bonchev–Trinajstić information content (AvgIpc) is 1.63. The first kappa shape index (κ1) is 12.2. The maximum absolute atomic E-state index is 9.88. The molecule has 0 rings (SSSR count). The minimum Gasteiger partial charge on any atom is -0.480 e. The average molecular weight is 171 g/mol. The van der Waals surface area contributed by atoms with Gasteiger partial charge in [0.2, 0.25) is 0 Å². The van der Waals surface area contributed by atoms with Gasteiger partial charge in [0.15, 0.2) is 11.1 Å². The Morgan fingerprint density at radius 2 is 2.10 bits per heavy atom. The number of carboxylic acid groups (broad SMARTS) is 1. The third kappa shape index (κ3) is 5.63. The van der Waals surface area contributed by atoms with Crippen molar-refractivity contribution in [2.45, 2.75) is 6.04 Å². The van der Waals surface area contributed by atoms with Gasteiger partial charge in [0, 0.05) is 0 Å². The number of hydrogen-bond acceptors (Lipinski definition) is 3. The highest BCUT2D eigenvalue weighted by Crippen LogP contribution is 1.81. The second-order valence-corrected chi connectivity index (χ2v) is 2.41. The molecule has 7 heteroatoms. The van der Waals surface area contributed by atoms with E-state index in [4.69, 9.17) is 15.4 Å². The van der Waals surface area contributed by atoms with Gasteiger partial charge in [-0.25, -0.2) is 4.21 Å². The van der Waals surface area contributed by atoms with Crippen LogP contribution in [0.4, 0.5) is 0 Å². The van der Waals surface area contributed by atoms with Gasteiger partial charge in [0.1, 0.15) is 6.04 Å². The van der Waals surface area contributed by atoms with E-state index < -0.39 is 28.8 Å². The monoisotopic (exact) mass is 171 g/mol. The largest absolute Gasteiger partial charge is 0.480 e. The Balaban J connectivity index is 0. The molecule has 2 unspecified atom stereocenters. The predicted molar refractivity (Wildman–Crippen MR) is 34.9 cm³/mol. The van der Waals surface area contributed by atoms with E-state index in [0.717, 1.165) is 0 Å². The van der Waals surface area contributed by atoms with Crippen LogP contribution in [0.15, 0.2) is 0 Å². The Kier molecular flexibility index (Phi) is 6.46. The highest BCUT2D eigenvalue weighted by atomic mass is 32.2. The Morgan fingerprint density at radius 1 is 1.70 bits per heavy atom. The summed E-state index contributed by atoms with van der Waals surface area (Å²) >= 11 is -2.12. The third-order valence-electron chi connectivity index (χ3n) is 0.639. The molecule has 0 amide bonds. The summed E-state index contributed by atoms with van der Waals surface area (Å²) in [6.07, 6.45) is 0. The first-order valence-electron chi connectivity index (χ1n) is 2.10. The molecule has 0 fully saturated rings. The van der Waals surface area contributed by atoms with E-state index in [2.05, 4.69) is 0 Å².